The molecule has 5 N–H and O–H groups in total. The average Bonchev–Trinajstić information content (AvgIpc) is 2.35. The summed E-state index contributed by atoms with van der Waals surface area (Å²) in [6, 6.07) is 8.95. The van der Waals surface area contributed by atoms with Crippen LogP contribution in [0.15, 0.2) is 40.9 Å². The number of benzene rings is 2. The molecule has 0 heterocycles. The van der Waals surface area contributed by atoms with Crippen molar-refractivity contribution in [3.63, 3.8) is 0 Å². The molecule has 4 nitrogen and oxygen atoms in total. The van der Waals surface area contributed by atoms with Gasteiger partial charge in [0.1, 0.15) is 0 Å². The molecule has 2 aromatic carbocycles. The minimum atomic E-state index is -4.78. The lowest BCUT2D eigenvalue weighted by Gasteiger charge is -2.15. The van der Waals surface area contributed by atoms with E-state index >= 15 is 0 Å². The molecule has 0 unspecified atom stereocenters. The lowest BCUT2D eigenvalue weighted by Crippen LogP contribution is -2.18. The zero-order valence-corrected chi connectivity index (χ0v) is 12.1. The molecule has 8 heteroatoms. The minimum Gasteiger partial charge on any atom is -0.404 e. The van der Waals surface area contributed by atoms with Crippen LogP contribution in [0.3, 0.4) is 0 Å². The van der Waals surface area contributed by atoms with E-state index in [1.165, 1.54) is 18.2 Å². The minimum absolute atomic E-state index is 0.152. The monoisotopic (exact) mass is 361 g/mol. The van der Waals surface area contributed by atoms with E-state index in [4.69, 9.17) is 11.5 Å². The summed E-state index contributed by atoms with van der Waals surface area (Å²) in [4.78, 5) is 0. The van der Waals surface area contributed by atoms with Gasteiger partial charge in [0.25, 0.3) is 0 Å². The lowest BCUT2D eigenvalue weighted by atomic mass is 10.2. The summed E-state index contributed by atoms with van der Waals surface area (Å²) in [6.45, 7) is 0. The molecule has 0 atom stereocenters. The highest BCUT2D eigenvalue weighted by Gasteiger charge is 2.32. The molecule has 0 radical (unpaired) electrons. The van der Waals surface area contributed by atoms with E-state index in [1.807, 2.05) is 0 Å². The number of nitrogens with two attached hydrogens (primary N) is 2. The molecule has 0 aliphatic heterocycles. The molecule has 0 spiro atoms. The molecule has 0 aliphatic carbocycles. The van der Waals surface area contributed by atoms with Crippen LogP contribution in [0.4, 0.5) is 35.9 Å². The molecular formula is C13H11BrF3N3O. The smallest absolute Gasteiger partial charge is 0.404 e. The summed E-state index contributed by atoms with van der Waals surface area (Å²) in [7, 11) is 0. The van der Waals surface area contributed by atoms with E-state index in [1.54, 1.807) is 18.2 Å². The Balaban J connectivity index is 2.32. The zero-order chi connectivity index (χ0) is 15.6. The van der Waals surface area contributed by atoms with Gasteiger partial charge >= 0.3 is 6.36 Å². The first-order valence-electron chi connectivity index (χ1n) is 5.72. The van der Waals surface area contributed by atoms with Crippen LogP contribution in [0.25, 0.3) is 0 Å². The molecule has 2 rings (SSSR count). The van der Waals surface area contributed by atoms with Crippen LogP contribution in [0.2, 0.25) is 0 Å². The van der Waals surface area contributed by atoms with E-state index < -0.39 is 6.36 Å². The van der Waals surface area contributed by atoms with Crippen molar-refractivity contribution in [2.75, 3.05) is 16.8 Å². The standard InChI is InChI=1S/C13H11BrF3N3O/c14-7-1-4-11(12(5-7)21-13(15,16)17)20-8-2-3-9(18)10(19)6-8/h1-6,20H,18-19H2. The highest BCUT2D eigenvalue weighted by molar-refractivity contribution is 9.10. The van der Waals surface area contributed by atoms with E-state index in [-0.39, 0.29) is 11.4 Å². The fourth-order valence-electron chi connectivity index (χ4n) is 1.62. The van der Waals surface area contributed by atoms with Crippen molar-refractivity contribution >= 4 is 38.7 Å². The number of hydrogen-bond donors (Lipinski definition) is 3. The second kappa shape index (κ2) is 5.72. The Hall–Kier alpha value is -2.09. The number of alkyl halides is 3. The van der Waals surface area contributed by atoms with Crippen molar-refractivity contribution in [3.05, 3.63) is 40.9 Å². The normalized spacial score (nSPS) is 11.2. The quantitative estimate of drug-likeness (QED) is 0.714. The van der Waals surface area contributed by atoms with Crippen molar-refractivity contribution in [2.45, 2.75) is 6.36 Å². The zero-order valence-electron chi connectivity index (χ0n) is 10.5. The van der Waals surface area contributed by atoms with Gasteiger partial charge in [-0.3, -0.25) is 0 Å². The summed E-state index contributed by atoms with van der Waals surface area (Å²) in [6.07, 6.45) is -4.78. The molecule has 0 saturated carbocycles. The van der Waals surface area contributed by atoms with Crippen LogP contribution in [-0.4, -0.2) is 6.36 Å². The van der Waals surface area contributed by atoms with Gasteiger partial charge in [-0.15, -0.1) is 13.2 Å². The molecule has 0 bridgehead atoms. The van der Waals surface area contributed by atoms with Gasteiger partial charge in [0.2, 0.25) is 0 Å². The Bertz CT molecular complexity index is 662. The summed E-state index contributed by atoms with van der Waals surface area (Å²) in [5, 5.41) is 2.81. The van der Waals surface area contributed by atoms with Crippen LogP contribution >= 0.6 is 15.9 Å². The van der Waals surface area contributed by atoms with Crippen LogP contribution in [0, 0.1) is 0 Å². The molecular weight excluding hydrogens is 351 g/mol. The van der Waals surface area contributed by atoms with Gasteiger partial charge in [0.05, 0.1) is 17.1 Å². The second-order valence-electron chi connectivity index (χ2n) is 4.16. The third-order valence-corrected chi connectivity index (χ3v) is 3.03. The number of nitrogens with one attached hydrogen (secondary N) is 1. The summed E-state index contributed by atoms with van der Waals surface area (Å²) in [5.41, 5.74) is 12.6. The van der Waals surface area contributed by atoms with Crippen LogP contribution < -0.4 is 21.5 Å². The topological polar surface area (TPSA) is 73.3 Å². The fraction of sp³-hybridized carbons (Fsp3) is 0.0769. The molecule has 21 heavy (non-hydrogen) atoms. The van der Waals surface area contributed by atoms with Crippen molar-refractivity contribution in [1.29, 1.82) is 0 Å². The van der Waals surface area contributed by atoms with Gasteiger partial charge in [0.15, 0.2) is 5.75 Å². The average molecular weight is 362 g/mol. The van der Waals surface area contributed by atoms with Crippen LogP contribution in [-0.2, 0) is 0 Å². The summed E-state index contributed by atoms with van der Waals surface area (Å²) >= 11 is 3.10. The van der Waals surface area contributed by atoms with E-state index in [2.05, 4.69) is 26.0 Å². The van der Waals surface area contributed by atoms with Crippen molar-refractivity contribution < 1.29 is 17.9 Å². The Kier molecular flexibility index (Phi) is 4.17. The molecule has 112 valence electrons. The summed E-state index contributed by atoms with van der Waals surface area (Å²) < 4.78 is 41.7. The van der Waals surface area contributed by atoms with Crippen molar-refractivity contribution in [1.82, 2.24) is 0 Å². The van der Waals surface area contributed by atoms with Gasteiger partial charge in [-0.2, -0.15) is 0 Å². The number of hydrogen-bond acceptors (Lipinski definition) is 4. The molecule has 0 amide bonds. The van der Waals surface area contributed by atoms with Crippen molar-refractivity contribution in [3.8, 4) is 5.75 Å². The van der Waals surface area contributed by atoms with Gasteiger partial charge in [-0.1, -0.05) is 15.9 Å². The number of rotatable bonds is 3. The number of halogens is 4. The van der Waals surface area contributed by atoms with Gasteiger partial charge < -0.3 is 21.5 Å². The highest BCUT2D eigenvalue weighted by Crippen LogP contribution is 2.35. The first-order chi connectivity index (χ1) is 9.74. The summed E-state index contributed by atoms with van der Waals surface area (Å²) in [5.74, 6) is -0.354. The Labute approximate surface area is 127 Å². The Morgan fingerprint density at radius 3 is 2.33 bits per heavy atom. The highest BCUT2D eigenvalue weighted by atomic mass is 79.9. The van der Waals surface area contributed by atoms with Crippen LogP contribution in [0.1, 0.15) is 0 Å². The first-order valence-corrected chi connectivity index (χ1v) is 6.51. The SMILES string of the molecule is Nc1ccc(Nc2ccc(Br)cc2OC(F)(F)F)cc1N. The maximum absolute atomic E-state index is 12.4. The van der Waals surface area contributed by atoms with E-state index in [0.29, 0.717) is 21.5 Å². The van der Waals surface area contributed by atoms with Gasteiger partial charge in [0, 0.05) is 10.2 Å². The Morgan fingerprint density at radius 1 is 1.00 bits per heavy atom. The maximum Gasteiger partial charge on any atom is 0.573 e. The second-order valence-corrected chi connectivity index (χ2v) is 5.07. The first kappa shape index (κ1) is 15.3. The van der Waals surface area contributed by atoms with Crippen LogP contribution in [0.5, 0.6) is 5.75 Å². The maximum atomic E-state index is 12.4. The predicted octanol–water partition coefficient (Wildman–Crippen LogP) is 4.26. The molecule has 2 aromatic rings. The Morgan fingerprint density at radius 2 is 1.71 bits per heavy atom. The molecule has 0 aliphatic rings. The molecule has 0 saturated heterocycles. The van der Waals surface area contributed by atoms with E-state index in [9.17, 15) is 13.2 Å². The lowest BCUT2D eigenvalue weighted by molar-refractivity contribution is -0.274. The van der Waals surface area contributed by atoms with Gasteiger partial charge in [-0.05, 0) is 36.4 Å². The third kappa shape index (κ3) is 4.19. The number of anilines is 4. The number of ether oxygens (including phenoxy) is 1. The van der Waals surface area contributed by atoms with E-state index in [0.717, 1.165) is 0 Å². The fourth-order valence-corrected chi connectivity index (χ4v) is 1.96. The predicted molar refractivity (Wildman–Crippen MR) is 79.4 cm³/mol. The largest absolute Gasteiger partial charge is 0.573 e. The molecule has 0 aromatic heterocycles. The van der Waals surface area contributed by atoms with Crippen molar-refractivity contribution in [2.24, 2.45) is 0 Å². The molecule has 0 fully saturated rings. The third-order valence-electron chi connectivity index (χ3n) is 2.54. The number of nitrogen functional groups attached to an aromatic ring is 2. The van der Waals surface area contributed by atoms with Gasteiger partial charge in [-0.25, -0.2) is 0 Å².